The minimum Gasteiger partial charge on any atom is -0.339 e. The maximum Gasteiger partial charge on any atom is 0.231 e. The highest BCUT2D eigenvalue weighted by molar-refractivity contribution is 5.03. The van der Waals surface area contributed by atoms with Gasteiger partial charge in [-0.25, -0.2) is 0 Å². The maximum atomic E-state index is 6.07. The molecular formula is C16H29N3O. The predicted molar refractivity (Wildman–Crippen MR) is 80.5 cm³/mol. The van der Waals surface area contributed by atoms with E-state index >= 15 is 0 Å². The average Bonchev–Trinajstić information content (AvgIpc) is 2.87. The molecule has 1 aliphatic carbocycles. The fraction of sp³-hybridized carbons (Fsp3) is 0.875. The van der Waals surface area contributed by atoms with E-state index in [1.807, 2.05) is 6.92 Å². The summed E-state index contributed by atoms with van der Waals surface area (Å²) >= 11 is 0. The van der Waals surface area contributed by atoms with E-state index in [1.165, 1.54) is 32.1 Å². The molecule has 0 amide bonds. The summed E-state index contributed by atoms with van der Waals surface area (Å²) in [6.45, 7) is 8.61. The third kappa shape index (κ3) is 3.40. The summed E-state index contributed by atoms with van der Waals surface area (Å²) in [4.78, 5) is 4.69. The topological polar surface area (TPSA) is 64.9 Å². The molecule has 0 saturated heterocycles. The summed E-state index contributed by atoms with van der Waals surface area (Å²) in [6, 6.07) is 0.0399. The molecule has 0 bridgehead atoms. The van der Waals surface area contributed by atoms with Gasteiger partial charge in [-0.3, -0.25) is 0 Å². The molecule has 20 heavy (non-hydrogen) atoms. The van der Waals surface area contributed by atoms with Crippen LogP contribution >= 0.6 is 0 Å². The lowest BCUT2D eigenvalue weighted by atomic mass is 9.80. The molecule has 0 aromatic carbocycles. The molecule has 2 rings (SSSR count). The van der Waals surface area contributed by atoms with Crippen LogP contribution in [0.25, 0.3) is 0 Å². The second-order valence-electron chi connectivity index (χ2n) is 6.76. The van der Waals surface area contributed by atoms with Crippen LogP contribution in [0.2, 0.25) is 0 Å². The predicted octanol–water partition coefficient (Wildman–Crippen LogP) is 3.84. The summed E-state index contributed by atoms with van der Waals surface area (Å²) in [5.41, 5.74) is 6.07. The van der Waals surface area contributed by atoms with Crippen LogP contribution in [0.5, 0.6) is 0 Å². The molecule has 1 heterocycles. The molecule has 0 spiro atoms. The van der Waals surface area contributed by atoms with Crippen LogP contribution in [0.3, 0.4) is 0 Å². The number of hydrogen-bond donors (Lipinski definition) is 1. The minimum absolute atomic E-state index is 0.0399. The van der Waals surface area contributed by atoms with Gasteiger partial charge in [-0.2, -0.15) is 4.98 Å². The number of hydrogen-bond acceptors (Lipinski definition) is 4. The highest BCUT2D eigenvalue weighted by Gasteiger charge is 2.30. The molecule has 1 aromatic heterocycles. The van der Waals surface area contributed by atoms with E-state index in [-0.39, 0.29) is 12.0 Å². The van der Waals surface area contributed by atoms with Gasteiger partial charge >= 0.3 is 0 Å². The van der Waals surface area contributed by atoms with Gasteiger partial charge in [-0.1, -0.05) is 45.2 Å². The van der Waals surface area contributed by atoms with Gasteiger partial charge < -0.3 is 10.3 Å². The van der Waals surface area contributed by atoms with Crippen molar-refractivity contribution in [2.24, 2.45) is 17.6 Å². The van der Waals surface area contributed by atoms with E-state index in [2.05, 4.69) is 30.9 Å². The van der Waals surface area contributed by atoms with Gasteiger partial charge in [0.05, 0.1) is 5.92 Å². The van der Waals surface area contributed by atoms with Gasteiger partial charge in [-0.05, 0) is 31.6 Å². The minimum atomic E-state index is 0.0399. The molecule has 1 aromatic rings. The maximum absolute atomic E-state index is 6.07. The molecular weight excluding hydrogens is 250 g/mol. The van der Waals surface area contributed by atoms with Crippen LogP contribution < -0.4 is 5.73 Å². The first-order valence-corrected chi connectivity index (χ1v) is 8.12. The Kier molecular flexibility index (Phi) is 5.19. The highest BCUT2D eigenvalue weighted by Crippen LogP contribution is 2.37. The van der Waals surface area contributed by atoms with E-state index in [4.69, 9.17) is 10.3 Å². The second kappa shape index (κ2) is 6.70. The van der Waals surface area contributed by atoms with Crippen LogP contribution in [0, 0.1) is 11.8 Å². The lowest BCUT2D eigenvalue weighted by Gasteiger charge is -2.26. The lowest BCUT2D eigenvalue weighted by molar-refractivity contribution is 0.285. The van der Waals surface area contributed by atoms with Crippen LogP contribution in [0.15, 0.2) is 4.52 Å². The van der Waals surface area contributed by atoms with Gasteiger partial charge in [0.1, 0.15) is 0 Å². The zero-order chi connectivity index (χ0) is 14.7. The van der Waals surface area contributed by atoms with Crippen LogP contribution in [-0.2, 0) is 0 Å². The Hall–Kier alpha value is -0.900. The third-order valence-corrected chi connectivity index (χ3v) is 4.75. The quantitative estimate of drug-likeness (QED) is 0.889. The lowest BCUT2D eigenvalue weighted by Crippen LogP contribution is -2.28. The van der Waals surface area contributed by atoms with Crippen LogP contribution in [0.4, 0.5) is 0 Å². The normalized spacial score (nSPS) is 26.7. The smallest absolute Gasteiger partial charge is 0.231 e. The molecule has 1 saturated carbocycles. The Morgan fingerprint density at radius 1 is 1.30 bits per heavy atom. The van der Waals surface area contributed by atoms with E-state index in [9.17, 15) is 0 Å². The SMILES string of the molecule is CCC1CCCC(c2noc(C(C(C)C)C(C)N)n2)C1. The molecule has 4 atom stereocenters. The number of aromatic nitrogens is 2. The average molecular weight is 279 g/mol. The first-order valence-electron chi connectivity index (χ1n) is 8.12. The molecule has 4 unspecified atom stereocenters. The third-order valence-electron chi connectivity index (χ3n) is 4.75. The first-order chi connectivity index (χ1) is 9.52. The van der Waals surface area contributed by atoms with Crippen molar-refractivity contribution in [1.29, 1.82) is 0 Å². The Labute approximate surface area is 122 Å². The number of rotatable bonds is 5. The van der Waals surface area contributed by atoms with Crippen molar-refractivity contribution in [1.82, 2.24) is 10.1 Å². The first kappa shape index (κ1) is 15.5. The van der Waals surface area contributed by atoms with Gasteiger partial charge in [0.2, 0.25) is 5.89 Å². The largest absolute Gasteiger partial charge is 0.339 e. The van der Waals surface area contributed by atoms with E-state index in [1.54, 1.807) is 0 Å². The van der Waals surface area contributed by atoms with Gasteiger partial charge in [0, 0.05) is 12.0 Å². The van der Waals surface area contributed by atoms with Crippen molar-refractivity contribution < 1.29 is 4.52 Å². The Morgan fingerprint density at radius 3 is 2.65 bits per heavy atom. The molecule has 4 heteroatoms. The van der Waals surface area contributed by atoms with Crippen molar-refractivity contribution in [3.63, 3.8) is 0 Å². The van der Waals surface area contributed by atoms with Gasteiger partial charge in [-0.15, -0.1) is 0 Å². The summed E-state index contributed by atoms with van der Waals surface area (Å²) < 4.78 is 5.53. The molecule has 1 aliphatic rings. The molecule has 114 valence electrons. The Morgan fingerprint density at radius 2 is 2.05 bits per heavy atom. The van der Waals surface area contributed by atoms with Gasteiger partial charge in [0.25, 0.3) is 0 Å². The van der Waals surface area contributed by atoms with Crippen LogP contribution in [0.1, 0.15) is 83.3 Å². The molecule has 0 radical (unpaired) electrons. The fourth-order valence-corrected chi connectivity index (χ4v) is 3.56. The molecule has 1 fully saturated rings. The summed E-state index contributed by atoms with van der Waals surface area (Å²) in [5, 5.41) is 4.25. The van der Waals surface area contributed by atoms with Gasteiger partial charge in [0.15, 0.2) is 5.82 Å². The standard InChI is InChI=1S/C16H29N3O/c1-5-12-7-6-8-13(9-12)15-18-16(20-19-15)14(10(2)3)11(4)17/h10-14H,5-9,17H2,1-4H3. The molecule has 0 aliphatic heterocycles. The zero-order valence-electron chi connectivity index (χ0n) is 13.3. The van der Waals surface area contributed by atoms with E-state index < -0.39 is 0 Å². The van der Waals surface area contributed by atoms with Crippen molar-refractivity contribution in [2.75, 3.05) is 0 Å². The summed E-state index contributed by atoms with van der Waals surface area (Å²) in [6.07, 6.45) is 6.30. The van der Waals surface area contributed by atoms with Crippen molar-refractivity contribution in [3.05, 3.63) is 11.7 Å². The molecule has 2 N–H and O–H groups in total. The van der Waals surface area contributed by atoms with E-state index in [0.717, 1.165) is 17.6 Å². The highest BCUT2D eigenvalue weighted by atomic mass is 16.5. The zero-order valence-corrected chi connectivity index (χ0v) is 13.3. The fourth-order valence-electron chi connectivity index (χ4n) is 3.56. The monoisotopic (exact) mass is 279 g/mol. The van der Waals surface area contributed by atoms with Crippen molar-refractivity contribution >= 4 is 0 Å². The molecule has 4 nitrogen and oxygen atoms in total. The number of nitrogens with two attached hydrogens (primary N) is 1. The Balaban J connectivity index is 2.11. The summed E-state index contributed by atoms with van der Waals surface area (Å²) in [7, 11) is 0. The number of nitrogens with zero attached hydrogens (tertiary/aromatic N) is 2. The van der Waals surface area contributed by atoms with Crippen molar-refractivity contribution in [2.45, 2.75) is 77.7 Å². The Bertz CT molecular complexity index is 406. The van der Waals surface area contributed by atoms with Crippen molar-refractivity contribution in [3.8, 4) is 0 Å². The van der Waals surface area contributed by atoms with Crippen LogP contribution in [-0.4, -0.2) is 16.2 Å². The summed E-state index contributed by atoms with van der Waals surface area (Å²) in [5.74, 6) is 3.50. The van der Waals surface area contributed by atoms with E-state index in [0.29, 0.717) is 11.8 Å². The second-order valence-corrected chi connectivity index (χ2v) is 6.76.